The molecule has 2 rings (SSSR count). The lowest BCUT2D eigenvalue weighted by Crippen LogP contribution is -2.19. The molecule has 1 atom stereocenters. The molecular weight excluding hydrogens is 240 g/mol. The first-order valence-corrected chi connectivity index (χ1v) is 6.41. The number of rotatable bonds is 5. The van der Waals surface area contributed by atoms with Crippen LogP contribution in [0.2, 0.25) is 0 Å². The summed E-state index contributed by atoms with van der Waals surface area (Å²) in [6.07, 6.45) is 0. The summed E-state index contributed by atoms with van der Waals surface area (Å²) >= 11 is 0. The number of hydrogen-bond acceptors (Lipinski definition) is 4. The van der Waals surface area contributed by atoms with E-state index in [1.165, 1.54) is 0 Å². The van der Waals surface area contributed by atoms with E-state index in [1.54, 1.807) is 7.11 Å². The van der Waals surface area contributed by atoms with E-state index in [9.17, 15) is 0 Å². The van der Waals surface area contributed by atoms with Crippen LogP contribution in [0.5, 0.6) is 5.75 Å². The number of para-hydroxylation sites is 1. The Bertz CT molecular complexity index is 529. The molecule has 19 heavy (non-hydrogen) atoms. The van der Waals surface area contributed by atoms with E-state index in [4.69, 9.17) is 9.26 Å². The van der Waals surface area contributed by atoms with Crippen LogP contribution >= 0.6 is 0 Å². The predicted octanol–water partition coefficient (Wildman–Crippen LogP) is 3.15. The van der Waals surface area contributed by atoms with Gasteiger partial charge in [0.1, 0.15) is 11.5 Å². The molecule has 1 aromatic carbocycles. The highest BCUT2D eigenvalue weighted by atomic mass is 16.5. The molecule has 0 saturated carbocycles. The Morgan fingerprint density at radius 2 is 2.05 bits per heavy atom. The monoisotopic (exact) mass is 260 g/mol. The third-order valence-electron chi connectivity index (χ3n) is 3.37. The van der Waals surface area contributed by atoms with Gasteiger partial charge in [-0.1, -0.05) is 23.4 Å². The van der Waals surface area contributed by atoms with Crippen LogP contribution in [0.3, 0.4) is 0 Å². The highest BCUT2D eigenvalue weighted by Crippen LogP contribution is 2.25. The molecule has 102 valence electrons. The van der Waals surface area contributed by atoms with Crippen molar-refractivity contribution in [3.05, 3.63) is 46.8 Å². The molecular formula is C15H20N2O2. The van der Waals surface area contributed by atoms with Crippen LogP contribution in [-0.2, 0) is 6.54 Å². The van der Waals surface area contributed by atoms with Crippen LogP contribution in [0.4, 0.5) is 0 Å². The molecule has 4 nitrogen and oxygen atoms in total. The minimum Gasteiger partial charge on any atom is -0.496 e. The third-order valence-corrected chi connectivity index (χ3v) is 3.37. The second-order valence-electron chi connectivity index (χ2n) is 4.65. The second-order valence-corrected chi connectivity index (χ2v) is 4.65. The maximum Gasteiger partial charge on any atom is 0.138 e. The van der Waals surface area contributed by atoms with Crippen molar-refractivity contribution in [3.63, 3.8) is 0 Å². The van der Waals surface area contributed by atoms with Crippen molar-refractivity contribution in [2.24, 2.45) is 0 Å². The van der Waals surface area contributed by atoms with Crippen LogP contribution in [0.15, 0.2) is 28.8 Å². The van der Waals surface area contributed by atoms with Crippen molar-refractivity contribution < 1.29 is 9.26 Å². The van der Waals surface area contributed by atoms with Gasteiger partial charge in [0.05, 0.1) is 12.8 Å². The van der Waals surface area contributed by atoms with Crippen LogP contribution < -0.4 is 10.1 Å². The van der Waals surface area contributed by atoms with Crippen molar-refractivity contribution in [1.82, 2.24) is 10.5 Å². The molecule has 0 aliphatic heterocycles. The molecule has 1 N–H and O–H groups in total. The summed E-state index contributed by atoms with van der Waals surface area (Å²) in [6, 6.07) is 8.24. The number of benzene rings is 1. The van der Waals surface area contributed by atoms with Crippen LogP contribution in [0.1, 0.15) is 35.5 Å². The van der Waals surface area contributed by atoms with Crippen molar-refractivity contribution >= 4 is 0 Å². The first-order chi connectivity index (χ1) is 9.13. The lowest BCUT2D eigenvalue weighted by Gasteiger charge is -2.17. The van der Waals surface area contributed by atoms with Gasteiger partial charge < -0.3 is 14.6 Å². The van der Waals surface area contributed by atoms with Gasteiger partial charge in [-0.25, -0.2) is 0 Å². The van der Waals surface area contributed by atoms with Crippen molar-refractivity contribution in [3.8, 4) is 5.75 Å². The standard InChI is InChI=1S/C15H20N2O2/c1-10(13-7-5-6-8-15(13)18-4)16-9-14-11(2)17-19-12(14)3/h5-8,10,16H,9H2,1-4H3/t10-/m0/s1. The largest absolute Gasteiger partial charge is 0.496 e. The Morgan fingerprint density at radius 1 is 1.32 bits per heavy atom. The Hall–Kier alpha value is -1.81. The Morgan fingerprint density at radius 3 is 2.68 bits per heavy atom. The molecule has 0 spiro atoms. The summed E-state index contributed by atoms with van der Waals surface area (Å²) in [5.74, 6) is 1.78. The van der Waals surface area contributed by atoms with Gasteiger partial charge in [0.15, 0.2) is 0 Å². The van der Waals surface area contributed by atoms with E-state index in [-0.39, 0.29) is 6.04 Å². The van der Waals surface area contributed by atoms with E-state index in [0.717, 1.165) is 34.9 Å². The number of nitrogens with zero attached hydrogens (tertiary/aromatic N) is 1. The van der Waals surface area contributed by atoms with E-state index in [1.807, 2.05) is 32.0 Å². The Labute approximate surface area is 113 Å². The van der Waals surface area contributed by atoms with E-state index >= 15 is 0 Å². The number of hydrogen-bond donors (Lipinski definition) is 1. The minimum atomic E-state index is 0.199. The summed E-state index contributed by atoms with van der Waals surface area (Å²) in [7, 11) is 1.69. The molecule has 0 amide bonds. The van der Waals surface area contributed by atoms with E-state index in [2.05, 4.69) is 23.5 Å². The van der Waals surface area contributed by atoms with E-state index < -0.39 is 0 Å². The summed E-state index contributed by atoms with van der Waals surface area (Å²) in [5.41, 5.74) is 3.22. The fourth-order valence-electron chi connectivity index (χ4n) is 2.14. The average Bonchev–Trinajstić information content (AvgIpc) is 2.75. The summed E-state index contributed by atoms with van der Waals surface area (Å²) in [4.78, 5) is 0. The SMILES string of the molecule is COc1ccccc1[C@H](C)NCc1c(C)noc1C. The number of methoxy groups -OCH3 is 1. The molecule has 0 aliphatic rings. The third kappa shape index (κ3) is 2.96. The van der Waals surface area contributed by atoms with Gasteiger partial charge in [0.2, 0.25) is 0 Å². The average molecular weight is 260 g/mol. The van der Waals surface area contributed by atoms with Gasteiger partial charge in [-0.15, -0.1) is 0 Å². The van der Waals surface area contributed by atoms with Gasteiger partial charge >= 0.3 is 0 Å². The number of aryl methyl sites for hydroxylation is 2. The molecule has 0 radical (unpaired) electrons. The Kier molecular flexibility index (Phi) is 4.22. The molecule has 0 bridgehead atoms. The summed E-state index contributed by atoms with van der Waals surface area (Å²) < 4.78 is 10.5. The predicted molar refractivity (Wildman–Crippen MR) is 74.2 cm³/mol. The Balaban J connectivity index is 2.07. The molecule has 0 fully saturated rings. The van der Waals surface area contributed by atoms with Crippen LogP contribution in [0.25, 0.3) is 0 Å². The van der Waals surface area contributed by atoms with Gasteiger partial charge in [0.25, 0.3) is 0 Å². The minimum absolute atomic E-state index is 0.199. The van der Waals surface area contributed by atoms with Gasteiger partial charge in [-0.05, 0) is 26.8 Å². The van der Waals surface area contributed by atoms with Gasteiger partial charge in [-0.3, -0.25) is 0 Å². The highest BCUT2D eigenvalue weighted by Gasteiger charge is 2.13. The molecule has 1 aromatic heterocycles. The molecule has 0 aliphatic carbocycles. The second kappa shape index (κ2) is 5.89. The fraction of sp³-hybridized carbons (Fsp3) is 0.400. The quantitative estimate of drug-likeness (QED) is 0.897. The zero-order chi connectivity index (χ0) is 13.8. The summed E-state index contributed by atoms with van der Waals surface area (Å²) in [6.45, 7) is 6.75. The fourth-order valence-corrected chi connectivity index (χ4v) is 2.14. The number of nitrogens with one attached hydrogen (secondary N) is 1. The van der Waals surface area contributed by atoms with Crippen molar-refractivity contribution in [2.45, 2.75) is 33.4 Å². The maximum absolute atomic E-state index is 5.38. The van der Waals surface area contributed by atoms with Gasteiger partial charge in [-0.2, -0.15) is 0 Å². The summed E-state index contributed by atoms with van der Waals surface area (Å²) in [5, 5.41) is 7.44. The lowest BCUT2D eigenvalue weighted by molar-refractivity contribution is 0.390. The zero-order valence-corrected chi connectivity index (χ0v) is 11.9. The normalized spacial score (nSPS) is 12.4. The number of aromatic nitrogens is 1. The molecule has 1 heterocycles. The first-order valence-electron chi connectivity index (χ1n) is 6.41. The topological polar surface area (TPSA) is 47.3 Å². The number of ether oxygens (including phenoxy) is 1. The zero-order valence-electron chi connectivity index (χ0n) is 11.9. The lowest BCUT2D eigenvalue weighted by atomic mass is 10.1. The first kappa shape index (κ1) is 13.6. The molecule has 0 unspecified atom stereocenters. The van der Waals surface area contributed by atoms with E-state index in [0.29, 0.717) is 0 Å². The van der Waals surface area contributed by atoms with Crippen molar-refractivity contribution in [1.29, 1.82) is 0 Å². The van der Waals surface area contributed by atoms with Crippen molar-refractivity contribution in [2.75, 3.05) is 7.11 Å². The maximum atomic E-state index is 5.38. The molecule has 0 saturated heterocycles. The van der Waals surface area contributed by atoms with Crippen LogP contribution in [0, 0.1) is 13.8 Å². The van der Waals surface area contributed by atoms with Gasteiger partial charge in [0, 0.05) is 23.7 Å². The molecule has 2 aromatic rings. The smallest absolute Gasteiger partial charge is 0.138 e. The molecule has 4 heteroatoms. The van der Waals surface area contributed by atoms with Crippen LogP contribution in [-0.4, -0.2) is 12.3 Å². The highest BCUT2D eigenvalue weighted by molar-refractivity contribution is 5.35.